The second kappa shape index (κ2) is 2.93. The Kier molecular flexibility index (Phi) is 2.00. The van der Waals surface area contributed by atoms with Crippen molar-refractivity contribution in [2.45, 2.75) is 26.1 Å². The largest absolute Gasteiger partial charge is 0.392 e. The maximum absolute atomic E-state index is 11.7. The Morgan fingerprint density at radius 2 is 2.15 bits per heavy atom. The average Bonchev–Trinajstić information content (AvgIpc) is 2.53. The van der Waals surface area contributed by atoms with Gasteiger partial charge in [-0.2, -0.15) is 0 Å². The van der Waals surface area contributed by atoms with Gasteiger partial charge < -0.3 is 9.84 Å². The molecule has 2 aliphatic rings. The fourth-order valence-corrected chi connectivity index (χ4v) is 2.17. The number of hydrogen-bond donors (Lipinski definition) is 1. The summed E-state index contributed by atoms with van der Waals surface area (Å²) in [6.07, 6.45) is 1.63. The van der Waals surface area contributed by atoms with Gasteiger partial charge in [-0.15, -0.1) is 0 Å². The van der Waals surface area contributed by atoms with Crippen molar-refractivity contribution in [3.8, 4) is 0 Å². The summed E-state index contributed by atoms with van der Waals surface area (Å²) in [5.41, 5.74) is 0.871. The van der Waals surface area contributed by atoms with Gasteiger partial charge in [-0.3, -0.25) is 4.79 Å². The summed E-state index contributed by atoms with van der Waals surface area (Å²) in [5.74, 6) is 0.0865. The van der Waals surface area contributed by atoms with E-state index in [1.54, 1.807) is 0 Å². The monoisotopic (exact) mass is 182 g/mol. The summed E-state index contributed by atoms with van der Waals surface area (Å²) in [6, 6.07) is 0. The fraction of sp³-hybridized carbons (Fsp3) is 0.700. The van der Waals surface area contributed by atoms with Gasteiger partial charge in [-0.1, -0.05) is 19.9 Å². The summed E-state index contributed by atoms with van der Waals surface area (Å²) in [6.45, 7) is 3.76. The highest BCUT2D eigenvalue weighted by molar-refractivity contribution is 5.86. The number of aliphatic hydroxyl groups is 1. The van der Waals surface area contributed by atoms with Crippen molar-refractivity contribution in [2.75, 3.05) is 6.61 Å². The van der Waals surface area contributed by atoms with Gasteiger partial charge in [0.2, 0.25) is 0 Å². The van der Waals surface area contributed by atoms with Crippen molar-refractivity contribution in [3.05, 3.63) is 11.6 Å². The highest BCUT2D eigenvalue weighted by Gasteiger charge is 2.44. The van der Waals surface area contributed by atoms with Crippen LogP contribution >= 0.6 is 0 Å². The molecule has 0 aromatic rings. The predicted molar refractivity (Wildman–Crippen MR) is 47.2 cm³/mol. The standard InChI is InChI=1S/C10H14O3/c1-5-8-3-7(4-11)10(13-8)6(2)9(5)12/h3,5-6,8,10-11H,4H2,1-2H3/t5-,6-,8-,10-/m0/s1. The van der Waals surface area contributed by atoms with Gasteiger partial charge in [-0.25, -0.2) is 0 Å². The number of Topliss-reactive ketones (excluding diaryl/α,β-unsaturated/α-hetero) is 1. The second-order valence-corrected chi connectivity index (χ2v) is 3.90. The number of ketones is 1. The number of rotatable bonds is 1. The van der Waals surface area contributed by atoms with Crippen LogP contribution in [-0.2, 0) is 9.53 Å². The molecule has 3 heteroatoms. The van der Waals surface area contributed by atoms with E-state index in [0.717, 1.165) is 5.57 Å². The minimum atomic E-state index is -0.168. The molecule has 3 nitrogen and oxygen atoms in total. The summed E-state index contributed by atoms with van der Waals surface area (Å²) in [5, 5.41) is 9.04. The molecule has 1 fully saturated rings. The van der Waals surface area contributed by atoms with E-state index in [-0.39, 0.29) is 36.4 Å². The number of hydrogen-bond acceptors (Lipinski definition) is 3. The van der Waals surface area contributed by atoms with E-state index in [9.17, 15) is 4.79 Å². The minimum Gasteiger partial charge on any atom is -0.392 e. The summed E-state index contributed by atoms with van der Waals surface area (Å²) < 4.78 is 5.62. The zero-order chi connectivity index (χ0) is 9.59. The van der Waals surface area contributed by atoms with Crippen LogP contribution < -0.4 is 0 Å². The highest BCUT2D eigenvalue weighted by Crippen LogP contribution is 2.36. The van der Waals surface area contributed by atoms with Crippen molar-refractivity contribution >= 4 is 5.78 Å². The molecular weight excluding hydrogens is 168 g/mol. The molecule has 0 unspecified atom stereocenters. The normalized spacial score (nSPS) is 43.6. The van der Waals surface area contributed by atoms with E-state index in [1.807, 2.05) is 19.9 Å². The third-order valence-electron chi connectivity index (χ3n) is 3.07. The maximum atomic E-state index is 11.7. The van der Waals surface area contributed by atoms with E-state index < -0.39 is 0 Å². The molecule has 72 valence electrons. The molecule has 4 atom stereocenters. The van der Waals surface area contributed by atoms with E-state index in [0.29, 0.717) is 0 Å². The van der Waals surface area contributed by atoms with Crippen molar-refractivity contribution in [3.63, 3.8) is 0 Å². The van der Waals surface area contributed by atoms with Crippen LogP contribution in [0.25, 0.3) is 0 Å². The lowest BCUT2D eigenvalue weighted by atomic mass is 9.87. The van der Waals surface area contributed by atoms with Crippen LogP contribution in [0.2, 0.25) is 0 Å². The molecule has 2 aliphatic heterocycles. The van der Waals surface area contributed by atoms with E-state index >= 15 is 0 Å². The van der Waals surface area contributed by atoms with Gasteiger partial charge in [0.15, 0.2) is 0 Å². The molecule has 2 heterocycles. The summed E-state index contributed by atoms with van der Waals surface area (Å²) >= 11 is 0. The Labute approximate surface area is 77.4 Å². The Balaban J connectivity index is 2.30. The van der Waals surface area contributed by atoms with Gasteiger partial charge in [0.25, 0.3) is 0 Å². The SMILES string of the molecule is C[C@@H]1C(=O)[C@H](C)[C@@H]2O[C@H]1C=C2CO. The number of fused-ring (bicyclic) bond motifs is 2. The molecule has 0 radical (unpaired) electrons. The molecule has 1 N–H and O–H groups in total. The molecule has 2 rings (SSSR count). The smallest absolute Gasteiger partial charge is 0.144 e. The third-order valence-corrected chi connectivity index (χ3v) is 3.07. The Morgan fingerprint density at radius 3 is 2.77 bits per heavy atom. The van der Waals surface area contributed by atoms with Crippen LogP contribution in [0.5, 0.6) is 0 Å². The Bertz CT molecular complexity index is 269. The third kappa shape index (κ3) is 1.15. The first-order valence-corrected chi connectivity index (χ1v) is 4.65. The van der Waals surface area contributed by atoms with Crippen LogP contribution in [0, 0.1) is 11.8 Å². The van der Waals surface area contributed by atoms with E-state index in [2.05, 4.69) is 0 Å². The number of carbonyl (C=O) groups is 1. The van der Waals surface area contributed by atoms with Crippen LogP contribution in [0.15, 0.2) is 11.6 Å². The van der Waals surface area contributed by atoms with Gasteiger partial charge in [0.05, 0.1) is 18.8 Å². The lowest BCUT2D eigenvalue weighted by molar-refractivity contribution is -0.143. The van der Waals surface area contributed by atoms with Crippen LogP contribution in [0.1, 0.15) is 13.8 Å². The Morgan fingerprint density at radius 1 is 1.46 bits per heavy atom. The summed E-state index contributed by atoms with van der Waals surface area (Å²) in [7, 11) is 0. The first kappa shape index (κ1) is 8.91. The second-order valence-electron chi connectivity index (χ2n) is 3.90. The molecule has 0 amide bonds. The van der Waals surface area contributed by atoms with Gasteiger partial charge >= 0.3 is 0 Å². The molecule has 2 bridgehead atoms. The molecule has 13 heavy (non-hydrogen) atoms. The molecule has 0 aromatic heterocycles. The maximum Gasteiger partial charge on any atom is 0.144 e. The van der Waals surface area contributed by atoms with Gasteiger partial charge in [0.1, 0.15) is 5.78 Å². The van der Waals surface area contributed by atoms with Crippen molar-refractivity contribution in [1.82, 2.24) is 0 Å². The van der Waals surface area contributed by atoms with Crippen LogP contribution in [0.3, 0.4) is 0 Å². The topological polar surface area (TPSA) is 46.5 Å². The molecule has 0 aliphatic carbocycles. The number of carbonyl (C=O) groups excluding carboxylic acids is 1. The van der Waals surface area contributed by atoms with Gasteiger partial charge in [0, 0.05) is 11.8 Å². The minimum absolute atomic E-state index is 0.00546. The first-order chi connectivity index (χ1) is 6.15. The molecular formula is C10H14O3. The summed E-state index contributed by atoms with van der Waals surface area (Å²) in [4.78, 5) is 11.7. The fourth-order valence-electron chi connectivity index (χ4n) is 2.17. The molecule has 0 saturated carbocycles. The Hall–Kier alpha value is -0.670. The lowest BCUT2D eigenvalue weighted by Crippen LogP contribution is -2.42. The number of ether oxygens (including phenoxy) is 1. The van der Waals surface area contributed by atoms with Crippen molar-refractivity contribution in [2.24, 2.45) is 11.8 Å². The molecule has 1 saturated heterocycles. The van der Waals surface area contributed by atoms with E-state index in [1.165, 1.54) is 0 Å². The molecule has 0 spiro atoms. The highest BCUT2D eigenvalue weighted by atomic mass is 16.5. The zero-order valence-electron chi connectivity index (χ0n) is 7.86. The van der Waals surface area contributed by atoms with Crippen molar-refractivity contribution in [1.29, 1.82) is 0 Å². The van der Waals surface area contributed by atoms with E-state index in [4.69, 9.17) is 9.84 Å². The van der Waals surface area contributed by atoms with Crippen LogP contribution in [-0.4, -0.2) is 29.7 Å². The zero-order valence-corrected chi connectivity index (χ0v) is 7.86. The van der Waals surface area contributed by atoms with Gasteiger partial charge in [-0.05, 0) is 5.57 Å². The van der Waals surface area contributed by atoms with Crippen molar-refractivity contribution < 1.29 is 14.6 Å². The predicted octanol–water partition coefficient (Wildman–Crippen LogP) is 0.527. The van der Waals surface area contributed by atoms with Crippen LogP contribution in [0.4, 0.5) is 0 Å². The average molecular weight is 182 g/mol. The number of aliphatic hydroxyl groups excluding tert-OH is 1. The quantitative estimate of drug-likeness (QED) is 0.602. The lowest BCUT2D eigenvalue weighted by Gasteiger charge is -2.31. The first-order valence-electron chi connectivity index (χ1n) is 4.65. The molecule has 0 aromatic carbocycles.